The predicted octanol–water partition coefficient (Wildman–Crippen LogP) is 7.79. The van der Waals surface area contributed by atoms with Gasteiger partial charge in [0.25, 0.3) is 0 Å². The lowest BCUT2D eigenvalue weighted by atomic mass is 10.1. The molecule has 4 aromatic rings. The number of benzene rings is 2. The van der Waals surface area contributed by atoms with Crippen LogP contribution in [-0.2, 0) is 37.0 Å². The summed E-state index contributed by atoms with van der Waals surface area (Å²) in [6.07, 6.45) is 14.9. The smallest absolute Gasteiger partial charge is 0.344 e. The SMILES string of the molecule is CC(C)(C)OC(=O)COc1ccc([S+](c2cccnc2)c2cccnc2)cc1.CCCCCCCCc1ccccc1S(=O)(=O)[O-]. The van der Waals surface area contributed by atoms with Crippen LogP contribution in [0, 0.1) is 0 Å². The number of hydrogen-bond donors (Lipinski definition) is 0. The molecule has 4 rings (SSSR count). The van der Waals surface area contributed by atoms with Gasteiger partial charge < -0.3 is 14.0 Å². The van der Waals surface area contributed by atoms with Crippen molar-refractivity contribution < 1.29 is 27.2 Å². The molecule has 2 aromatic heterocycles. The van der Waals surface area contributed by atoms with Crippen LogP contribution in [0.5, 0.6) is 5.75 Å². The van der Waals surface area contributed by atoms with Gasteiger partial charge in [0.1, 0.15) is 32.4 Å². The summed E-state index contributed by atoms with van der Waals surface area (Å²) in [4.78, 5) is 23.6. The van der Waals surface area contributed by atoms with Gasteiger partial charge in [-0.2, -0.15) is 0 Å². The number of aryl methyl sites for hydroxylation is 1. The summed E-state index contributed by atoms with van der Waals surface area (Å²) in [6.45, 7) is 7.55. The van der Waals surface area contributed by atoms with Gasteiger partial charge in [0.2, 0.25) is 0 Å². The van der Waals surface area contributed by atoms with E-state index in [4.69, 9.17) is 9.47 Å². The van der Waals surface area contributed by atoms with Crippen molar-refractivity contribution in [2.75, 3.05) is 6.61 Å². The molecule has 46 heavy (non-hydrogen) atoms. The summed E-state index contributed by atoms with van der Waals surface area (Å²) < 4.78 is 44.0. The summed E-state index contributed by atoms with van der Waals surface area (Å²) in [5.41, 5.74) is 0.134. The first-order chi connectivity index (χ1) is 22.0. The summed E-state index contributed by atoms with van der Waals surface area (Å²) in [7, 11) is -4.66. The van der Waals surface area contributed by atoms with Crippen LogP contribution < -0.4 is 4.74 Å². The van der Waals surface area contributed by atoms with Gasteiger partial charge in [0, 0.05) is 12.4 Å². The van der Waals surface area contributed by atoms with Crippen molar-refractivity contribution in [2.24, 2.45) is 0 Å². The quantitative estimate of drug-likeness (QED) is 0.0580. The van der Waals surface area contributed by atoms with Crippen molar-refractivity contribution in [1.82, 2.24) is 9.97 Å². The van der Waals surface area contributed by atoms with Gasteiger partial charge >= 0.3 is 5.97 Å². The molecule has 2 heterocycles. The lowest BCUT2D eigenvalue weighted by Crippen LogP contribution is -2.27. The van der Waals surface area contributed by atoms with Crippen LogP contribution in [0.15, 0.2) is 117 Å². The second-order valence-electron chi connectivity index (χ2n) is 11.6. The first-order valence-electron chi connectivity index (χ1n) is 15.5. The second kappa shape index (κ2) is 18.4. The highest BCUT2D eigenvalue weighted by atomic mass is 32.2. The Hall–Kier alpha value is -3.73. The fourth-order valence-corrected chi connectivity index (χ4v) is 7.30. The third-order valence-corrected chi connectivity index (χ3v) is 9.72. The Morgan fingerprint density at radius 1 is 0.783 bits per heavy atom. The largest absolute Gasteiger partial charge is 0.744 e. The van der Waals surface area contributed by atoms with E-state index in [0.717, 1.165) is 27.5 Å². The van der Waals surface area contributed by atoms with Crippen LogP contribution in [0.25, 0.3) is 0 Å². The monoisotopic (exact) mass is 664 g/mol. The molecule has 0 bridgehead atoms. The minimum absolute atomic E-state index is 0.0569. The predicted molar refractivity (Wildman–Crippen MR) is 180 cm³/mol. The fraction of sp³-hybridized carbons (Fsp3) is 0.361. The average molecular weight is 665 g/mol. The number of aromatic nitrogens is 2. The lowest BCUT2D eigenvalue weighted by molar-refractivity contribution is -0.157. The van der Waals surface area contributed by atoms with Gasteiger partial charge in [-0.25, -0.2) is 13.2 Å². The number of ether oxygens (including phenoxy) is 2. The number of carbonyl (C=O) groups excluding carboxylic acids is 1. The van der Waals surface area contributed by atoms with Gasteiger partial charge in [0.15, 0.2) is 21.3 Å². The van der Waals surface area contributed by atoms with Crippen LogP contribution in [0.2, 0.25) is 0 Å². The lowest BCUT2D eigenvalue weighted by Gasteiger charge is -2.19. The first kappa shape index (κ1) is 36.7. The Morgan fingerprint density at radius 2 is 1.37 bits per heavy atom. The molecule has 0 aliphatic heterocycles. The van der Waals surface area contributed by atoms with Crippen molar-refractivity contribution >= 4 is 27.0 Å². The van der Waals surface area contributed by atoms with E-state index < -0.39 is 15.7 Å². The number of hydrogen-bond acceptors (Lipinski definition) is 8. The van der Waals surface area contributed by atoms with Crippen molar-refractivity contribution in [1.29, 1.82) is 0 Å². The molecular formula is C36H44N2O6S2. The van der Waals surface area contributed by atoms with Crippen LogP contribution in [0.1, 0.15) is 71.8 Å². The topological polar surface area (TPSA) is 119 Å². The van der Waals surface area contributed by atoms with E-state index in [9.17, 15) is 17.8 Å². The van der Waals surface area contributed by atoms with Gasteiger partial charge in [-0.15, -0.1) is 0 Å². The number of rotatable bonds is 14. The molecular weight excluding hydrogens is 621 g/mol. The van der Waals surface area contributed by atoms with E-state index in [0.29, 0.717) is 17.7 Å². The van der Waals surface area contributed by atoms with Gasteiger partial charge in [-0.3, -0.25) is 9.97 Å². The maximum Gasteiger partial charge on any atom is 0.344 e. The van der Waals surface area contributed by atoms with E-state index in [2.05, 4.69) is 29.0 Å². The van der Waals surface area contributed by atoms with E-state index in [1.165, 1.54) is 31.7 Å². The van der Waals surface area contributed by atoms with Crippen molar-refractivity contribution in [3.05, 3.63) is 103 Å². The van der Waals surface area contributed by atoms with Gasteiger partial charge in [-0.05, 0) is 93.8 Å². The first-order valence-corrected chi connectivity index (χ1v) is 18.1. The molecule has 0 amide bonds. The Labute approximate surface area is 276 Å². The molecule has 8 nitrogen and oxygen atoms in total. The molecule has 0 aliphatic rings. The summed E-state index contributed by atoms with van der Waals surface area (Å²) in [5.74, 6) is 0.234. The third kappa shape index (κ3) is 12.9. The van der Waals surface area contributed by atoms with Crippen molar-refractivity contribution in [2.45, 2.75) is 97.8 Å². The molecule has 246 valence electrons. The number of carbonyl (C=O) groups is 1. The van der Waals surface area contributed by atoms with Crippen molar-refractivity contribution in [3.8, 4) is 5.75 Å². The summed E-state index contributed by atoms with van der Waals surface area (Å²) >= 11 is 0. The number of pyridine rings is 2. The van der Waals surface area contributed by atoms with Crippen LogP contribution in [0.4, 0.5) is 0 Å². The fourth-order valence-electron chi connectivity index (χ4n) is 4.58. The zero-order chi connectivity index (χ0) is 33.4. The molecule has 0 saturated heterocycles. The molecule has 0 N–H and O–H groups in total. The molecule has 0 aliphatic carbocycles. The molecule has 0 spiro atoms. The average Bonchev–Trinajstić information content (AvgIpc) is 3.03. The Morgan fingerprint density at radius 3 is 1.91 bits per heavy atom. The number of unbranched alkanes of at least 4 members (excludes halogenated alkanes) is 5. The van der Waals surface area contributed by atoms with Crippen LogP contribution in [-0.4, -0.2) is 41.1 Å². The summed E-state index contributed by atoms with van der Waals surface area (Å²) in [5, 5.41) is 0. The van der Waals surface area contributed by atoms with E-state index in [1.807, 2.05) is 69.6 Å². The molecule has 0 atom stereocenters. The minimum Gasteiger partial charge on any atom is -0.744 e. The Kier molecular flexibility index (Phi) is 14.7. The second-order valence-corrected chi connectivity index (χ2v) is 15.0. The molecule has 0 radical (unpaired) electrons. The van der Waals surface area contributed by atoms with Gasteiger partial charge in [-0.1, -0.05) is 57.2 Å². The maximum absolute atomic E-state index is 11.8. The van der Waals surface area contributed by atoms with Crippen LogP contribution in [0.3, 0.4) is 0 Å². The normalized spacial score (nSPS) is 11.4. The van der Waals surface area contributed by atoms with Crippen molar-refractivity contribution in [3.63, 3.8) is 0 Å². The summed E-state index contributed by atoms with van der Waals surface area (Å²) in [6, 6.07) is 22.3. The molecule has 0 unspecified atom stereocenters. The zero-order valence-corrected chi connectivity index (χ0v) is 28.7. The highest BCUT2D eigenvalue weighted by Gasteiger charge is 2.29. The van der Waals surface area contributed by atoms with E-state index in [-0.39, 0.29) is 28.4 Å². The Balaban J connectivity index is 0.000000277. The zero-order valence-electron chi connectivity index (χ0n) is 27.1. The maximum atomic E-state index is 11.8. The Bertz CT molecular complexity index is 1540. The van der Waals surface area contributed by atoms with E-state index >= 15 is 0 Å². The molecule has 2 aromatic carbocycles. The standard InChI is InChI=1S/C22H23N2O3S.C14H22O3S/c1-22(2,3)27-21(25)16-26-17-8-10-18(11-9-17)28(19-6-4-12-23-14-19)20-7-5-13-24-15-20;1-2-3-4-5-6-7-10-13-11-8-9-12-14(13)18(15,16)17/h4-15H,16H2,1-3H3;8-9,11-12H,2-7,10H2,1H3,(H,15,16,17)/q+1;/p-1. The van der Waals surface area contributed by atoms with Gasteiger partial charge in [0.05, 0.1) is 17.3 Å². The van der Waals surface area contributed by atoms with Crippen LogP contribution >= 0.6 is 0 Å². The minimum atomic E-state index is -4.33. The highest BCUT2D eigenvalue weighted by molar-refractivity contribution is 7.97. The molecule has 10 heteroatoms. The molecule has 0 fully saturated rings. The number of nitrogens with zero attached hydrogens (tertiary/aromatic N) is 2. The number of esters is 1. The molecule has 0 saturated carbocycles. The third-order valence-electron chi connectivity index (χ3n) is 6.62. The highest BCUT2D eigenvalue weighted by Crippen LogP contribution is 2.31. The van der Waals surface area contributed by atoms with E-state index in [1.54, 1.807) is 30.6 Å².